The van der Waals surface area contributed by atoms with Gasteiger partial charge in [-0.3, -0.25) is 14.4 Å². The number of likely N-dealkylation sites (tertiary alicyclic amines) is 1. The number of amides is 5. The lowest BCUT2D eigenvalue weighted by atomic mass is 10.0. The van der Waals surface area contributed by atoms with E-state index < -0.39 is 35.8 Å². The van der Waals surface area contributed by atoms with Crippen molar-refractivity contribution in [2.24, 2.45) is 0 Å². The maximum absolute atomic E-state index is 13.7. The lowest BCUT2D eigenvalue weighted by Gasteiger charge is -2.32. The van der Waals surface area contributed by atoms with E-state index in [-0.39, 0.29) is 48.2 Å². The molecule has 0 unspecified atom stereocenters. The van der Waals surface area contributed by atoms with Gasteiger partial charge in [0.15, 0.2) is 0 Å². The monoisotopic (exact) mass is 788 g/mol. The van der Waals surface area contributed by atoms with Gasteiger partial charge in [0.25, 0.3) is 0 Å². The van der Waals surface area contributed by atoms with Crippen molar-refractivity contribution in [3.8, 4) is 5.69 Å². The molecule has 1 fully saturated rings. The number of hydrogen-bond acceptors (Lipinski definition) is 11. The number of aliphatic hydroxyl groups excluding tert-OH is 2. The lowest BCUT2D eigenvalue weighted by molar-refractivity contribution is -0.137. The summed E-state index contributed by atoms with van der Waals surface area (Å²) in [5, 5.41) is 50.2. The summed E-state index contributed by atoms with van der Waals surface area (Å²) < 4.78 is 6.87. The molecule has 19 nitrogen and oxygen atoms in total. The van der Waals surface area contributed by atoms with E-state index in [1.165, 1.54) is 23.1 Å². The first-order valence-electron chi connectivity index (χ1n) is 17.3. The van der Waals surface area contributed by atoms with Crippen molar-refractivity contribution < 1.29 is 44.0 Å². The maximum atomic E-state index is 13.7. The van der Waals surface area contributed by atoms with Gasteiger partial charge in [0.1, 0.15) is 24.2 Å². The Morgan fingerprint density at radius 1 is 0.929 bits per heavy atom. The zero-order valence-corrected chi connectivity index (χ0v) is 30.3. The van der Waals surface area contributed by atoms with Gasteiger partial charge in [-0.15, -0.1) is 5.10 Å². The van der Waals surface area contributed by atoms with Crippen LogP contribution in [0.25, 0.3) is 16.6 Å². The van der Waals surface area contributed by atoms with Gasteiger partial charge in [-0.25, -0.2) is 9.59 Å². The van der Waals surface area contributed by atoms with Crippen molar-refractivity contribution in [1.82, 2.24) is 35.4 Å². The molecule has 1 aliphatic heterocycles. The zero-order chi connectivity index (χ0) is 39.8. The minimum Gasteiger partial charge on any atom is -0.477 e. The second-order valence-corrected chi connectivity index (χ2v) is 13.3. The summed E-state index contributed by atoms with van der Waals surface area (Å²) in [6.45, 7) is 0.494. The zero-order valence-electron chi connectivity index (χ0n) is 29.5. The van der Waals surface area contributed by atoms with Gasteiger partial charge >= 0.3 is 23.8 Å². The van der Waals surface area contributed by atoms with E-state index in [0.717, 1.165) is 0 Å². The number of nitrogens with one attached hydrogen (secondary N) is 5. The molecule has 5 amide bonds. The molecule has 8 N–H and O–H groups in total. The van der Waals surface area contributed by atoms with Crippen LogP contribution in [0.5, 0.6) is 0 Å². The van der Waals surface area contributed by atoms with Crippen molar-refractivity contribution >= 4 is 69.3 Å². The Bertz CT molecular complexity index is 2210. The van der Waals surface area contributed by atoms with E-state index in [2.05, 4.69) is 41.8 Å². The third kappa shape index (κ3) is 10.0. The number of rotatable bonds is 13. The fraction of sp³-hybridized carbons (Fsp3) is 0.278. The van der Waals surface area contributed by atoms with Crippen molar-refractivity contribution in [3.05, 3.63) is 89.3 Å². The Balaban J connectivity index is 1.13. The second-order valence-electron chi connectivity index (χ2n) is 12.9. The lowest BCUT2D eigenvalue weighted by Crippen LogP contribution is -2.49. The van der Waals surface area contributed by atoms with E-state index >= 15 is 0 Å². The number of tetrazole rings is 1. The first-order chi connectivity index (χ1) is 26.9. The summed E-state index contributed by atoms with van der Waals surface area (Å²) in [6, 6.07) is 15.6. The Hall–Kier alpha value is -6.41. The number of carboxylic acids is 1. The fourth-order valence-corrected chi connectivity index (χ4v) is 6.11. The van der Waals surface area contributed by atoms with Gasteiger partial charge in [-0.05, 0) is 83.4 Å². The number of aromatic amines is 1. The number of ether oxygens (including phenoxy) is 1. The smallest absolute Gasteiger partial charge is 0.352 e. The van der Waals surface area contributed by atoms with Crippen LogP contribution in [0.1, 0.15) is 28.9 Å². The van der Waals surface area contributed by atoms with Gasteiger partial charge in [-0.2, -0.15) is 4.68 Å². The van der Waals surface area contributed by atoms with Gasteiger partial charge in [0.2, 0.25) is 5.91 Å². The van der Waals surface area contributed by atoms with E-state index in [9.17, 15) is 34.2 Å². The molecule has 56 heavy (non-hydrogen) atoms. The van der Waals surface area contributed by atoms with Gasteiger partial charge < -0.3 is 51.2 Å². The minimum atomic E-state index is -1.29. The highest BCUT2D eigenvalue weighted by atomic mass is 35.5. The number of urea groups is 1. The molecule has 0 spiro atoms. The van der Waals surface area contributed by atoms with E-state index in [1.54, 1.807) is 59.5 Å². The molecule has 2 aromatic heterocycles. The number of piperidine rings is 1. The molecule has 6 rings (SSSR count). The van der Waals surface area contributed by atoms with Crippen molar-refractivity contribution in [2.45, 2.75) is 37.5 Å². The summed E-state index contributed by atoms with van der Waals surface area (Å²) in [6.07, 6.45) is 1.27. The van der Waals surface area contributed by atoms with Crippen molar-refractivity contribution in [1.29, 1.82) is 0 Å². The summed E-state index contributed by atoms with van der Waals surface area (Å²) in [5.41, 5.74) is 2.31. The number of aromatic carboxylic acids is 1. The number of benzene rings is 3. The molecule has 20 heteroatoms. The van der Waals surface area contributed by atoms with Crippen LogP contribution >= 0.6 is 11.6 Å². The summed E-state index contributed by atoms with van der Waals surface area (Å²) in [7, 11) is 0. The fourth-order valence-electron chi connectivity index (χ4n) is 5.93. The van der Waals surface area contributed by atoms with E-state index in [4.69, 9.17) is 21.4 Å². The molecule has 3 heterocycles. The first-order valence-corrected chi connectivity index (χ1v) is 17.7. The van der Waals surface area contributed by atoms with Gasteiger partial charge in [0, 0.05) is 46.8 Å². The Labute approximate surface area is 323 Å². The SMILES string of the molecule is O=C(Nc1cc(Cl)ccc1-n1cnnn1)C(=O)N[C@@H](Cc1ccc(NC(=O)N2CCC(OC[C@H](O)CO)CC2)cc1)C(=O)Nc1ccc2[nH]c(C(=O)O)cc2c1. The second kappa shape index (κ2) is 17.8. The summed E-state index contributed by atoms with van der Waals surface area (Å²) in [4.78, 5) is 69.1. The molecule has 1 aliphatic rings. The molecule has 0 aliphatic carbocycles. The number of aromatic nitrogens is 5. The Morgan fingerprint density at radius 3 is 2.38 bits per heavy atom. The normalized spacial score (nSPS) is 14.2. The van der Waals surface area contributed by atoms with Crippen LogP contribution in [-0.2, 0) is 25.5 Å². The van der Waals surface area contributed by atoms with Crippen LogP contribution in [0.3, 0.4) is 0 Å². The number of carbonyl (C=O) groups excluding carboxylic acids is 4. The van der Waals surface area contributed by atoms with Crippen molar-refractivity contribution in [2.75, 3.05) is 42.3 Å². The van der Waals surface area contributed by atoms with Gasteiger partial charge in [-0.1, -0.05) is 23.7 Å². The minimum absolute atomic E-state index is 0.0185. The van der Waals surface area contributed by atoms with Crippen LogP contribution in [0.15, 0.2) is 73.1 Å². The van der Waals surface area contributed by atoms with Gasteiger partial charge in [0.05, 0.1) is 30.7 Å². The van der Waals surface area contributed by atoms with E-state index in [0.29, 0.717) is 59.5 Å². The average molecular weight is 789 g/mol. The number of aliphatic hydroxyl groups is 2. The number of H-pyrrole nitrogens is 1. The van der Waals surface area contributed by atoms with Crippen LogP contribution < -0.4 is 21.3 Å². The largest absolute Gasteiger partial charge is 0.477 e. The molecule has 0 radical (unpaired) electrons. The summed E-state index contributed by atoms with van der Waals surface area (Å²) in [5.74, 6) is -4.06. The third-order valence-electron chi connectivity index (χ3n) is 8.86. The molecular formula is C36H37ClN10O9. The number of fused-ring (bicyclic) bond motifs is 1. The van der Waals surface area contributed by atoms with Crippen LogP contribution in [0.2, 0.25) is 5.02 Å². The molecule has 5 aromatic rings. The Morgan fingerprint density at radius 2 is 1.68 bits per heavy atom. The summed E-state index contributed by atoms with van der Waals surface area (Å²) >= 11 is 6.15. The maximum Gasteiger partial charge on any atom is 0.352 e. The highest BCUT2D eigenvalue weighted by Crippen LogP contribution is 2.25. The standard InChI is InChI=1S/C36H37ClN10O9/c37-22-3-8-31(47-19-38-44-45-47)28(16-22)42-33(51)34(52)43-29(32(50)39-24-6-7-27-21(14-24)15-30(41-27)35(53)54)13-20-1-4-23(5-2-20)40-36(55)46-11-9-26(10-12-46)56-18-25(49)17-48/h1-8,14-16,19,25-26,29,41,48-49H,9-13,17-18H2,(H,39,50)(H,40,55)(H,42,51)(H,43,52)(H,53,54)/t25-,29+/m1/s1. The molecule has 2 atom stereocenters. The van der Waals surface area contributed by atoms with Crippen molar-refractivity contribution in [3.63, 3.8) is 0 Å². The predicted molar refractivity (Wildman–Crippen MR) is 201 cm³/mol. The number of carboxylic acid groups (broad SMARTS) is 1. The predicted octanol–water partition coefficient (Wildman–Crippen LogP) is 2.17. The van der Waals surface area contributed by atoms with E-state index in [1.807, 2.05) is 0 Å². The molecular weight excluding hydrogens is 752 g/mol. The first kappa shape index (κ1) is 39.3. The highest BCUT2D eigenvalue weighted by Gasteiger charge is 2.27. The van der Waals surface area contributed by atoms with Crippen LogP contribution in [0, 0.1) is 0 Å². The quantitative estimate of drug-likeness (QED) is 0.0798. The van der Waals surface area contributed by atoms with Crippen LogP contribution in [-0.4, -0.2) is 120 Å². The van der Waals surface area contributed by atoms with Crippen LogP contribution in [0.4, 0.5) is 21.9 Å². The highest BCUT2D eigenvalue weighted by molar-refractivity contribution is 6.40. The molecule has 0 bridgehead atoms. The number of halogens is 1. The third-order valence-corrected chi connectivity index (χ3v) is 9.09. The number of hydrogen-bond donors (Lipinski definition) is 8. The topological polar surface area (TPSA) is 266 Å². The number of anilines is 3. The molecule has 0 saturated carbocycles. The number of carbonyl (C=O) groups is 5. The average Bonchev–Trinajstić information content (AvgIpc) is 3.88. The molecule has 3 aromatic carbocycles. The molecule has 1 saturated heterocycles. The molecule has 292 valence electrons. The number of nitrogens with zero attached hydrogens (tertiary/aromatic N) is 5. The Kier molecular flexibility index (Phi) is 12.5.